The first-order valence-corrected chi connectivity index (χ1v) is 18.9. The van der Waals surface area contributed by atoms with Gasteiger partial charge in [-0.2, -0.15) is 6.07 Å². The van der Waals surface area contributed by atoms with Crippen molar-refractivity contribution in [3.05, 3.63) is 157 Å². The van der Waals surface area contributed by atoms with Gasteiger partial charge in [-0.15, -0.1) is 69.1 Å². The van der Waals surface area contributed by atoms with Gasteiger partial charge in [0.05, 0.1) is 0 Å². The molecular weight excluding hydrogens is 615 g/mol. The summed E-state index contributed by atoms with van der Waals surface area (Å²) >= 11 is 2.27. The molecule has 0 N–H and O–H groups in total. The number of halogens is 2. The van der Waals surface area contributed by atoms with Crippen molar-refractivity contribution in [1.29, 1.82) is 0 Å². The van der Waals surface area contributed by atoms with E-state index in [1.807, 2.05) is 0 Å². The first-order chi connectivity index (χ1) is 20.0. The van der Waals surface area contributed by atoms with E-state index in [0.29, 0.717) is 0 Å². The molecular formula is C39H34Cl2SiTi-2. The van der Waals surface area contributed by atoms with Crippen molar-refractivity contribution >= 4 is 27.7 Å². The monoisotopic (exact) mass is 648 g/mol. The van der Waals surface area contributed by atoms with Gasteiger partial charge in [-0.1, -0.05) is 133 Å². The summed E-state index contributed by atoms with van der Waals surface area (Å²) in [5, 5.41) is 5.31. The van der Waals surface area contributed by atoms with E-state index in [2.05, 4.69) is 191 Å². The molecule has 7 rings (SSSR count). The molecule has 0 atom stereocenters. The average Bonchev–Trinajstić information content (AvgIpc) is 3.61. The van der Waals surface area contributed by atoms with E-state index in [0.717, 1.165) is 0 Å². The number of fused-ring (bicyclic) bond motifs is 2. The zero-order chi connectivity index (χ0) is 28.6. The Morgan fingerprint density at radius 3 is 1.35 bits per heavy atom. The third kappa shape index (κ3) is 8.92. The molecule has 0 aromatic heterocycles. The SMILES string of the molecule is C[Si](C)=[Ti+2].Cc1cc2c(-c3ccccc3)cccc2[cH-]1.[Cl-].[Cl-].c1ccc(-c2cc3c(-c4ccccc4)cccc3[cH-]2)cc1. The van der Waals surface area contributed by atoms with E-state index in [1.165, 1.54) is 60.5 Å². The minimum Gasteiger partial charge on any atom is -1.00 e. The smallest absolute Gasteiger partial charge is 0.0259 e. The molecule has 0 aliphatic carbocycles. The minimum atomic E-state index is 0. The molecule has 0 unspecified atom stereocenters. The maximum absolute atomic E-state index is 2.30. The summed E-state index contributed by atoms with van der Waals surface area (Å²) in [7, 11) is 0. The summed E-state index contributed by atoms with van der Waals surface area (Å²) in [5.74, 6) is 0. The van der Waals surface area contributed by atoms with Gasteiger partial charge in [0.1, 0.15) is 0 Å². The number of hydrogen-bond donors (Lipinski definition) is 0. The molecule has 214 valence electrons. The fourth-order valence-corrected chi connectivity index (χ4v) is 5.16. The molecule has 0 aliphatic heterocycles. The first kappa shape index (κ1) is 34.3. The molecule has 0 fully saturated rings. The van der Waals surface area contributed by atoms with Gasteiger partial charge in [0, 0.05) is 0 Å². The van der Waals surface area contributed by atoms with Gasteiger partial charge in [-0.25, -0.2) is 0 Å². The zero-order valence-electron chi connectivity index (χ0n) is 24.7. The van der Waals surface area contributed by atoms with E-state index in [-0.39, 0.29) is 31.0 Å². The van der Waals surface area contributed by atoms with Gasteiger partial charge >= 0.3 is 38.5 Å². The Morgan fingerprint density at radius 2 is 0.884 bits per heavy atom. The van der Waals surface area contributed by atoms with E-state index >= 15 is 0 Å². The van der Waals surface area contributed by atoms with Crippen LogP contribution in [0.15, 0.2) is 152 Å². The van der Waals surface area contributed by atoms with Crippen molar-refractivity contribution in [2.45, 2.75) is 20.0 Å². The van der Waals surface area contributed by atoms with Crippen LogP contribution in [0.1, 0.15) is 5.56 Å². The fraction of sp³-hybridized carbons (Fsp3) is 0.0769. The van der Waals surface area contributed by atoms with Crippen LogP contribution in [0.5, 0.6) is 0 Å². The molecule has 43 heavy (non-hydrogen) atoms. The standard InChI is InChI=1S/C21H15.C16H13.C2H6Si.2ClH.Ti/c1-3-8-16(9-4-1)19-14-18-12-7-13-20(21(18)15-19)17-10-5-2-6-11-17;1-12-10-14-8-5-9-15(16(14)11-12)13-6-3-2-4-7-13;1-3-2;;;/h1-15H;2-11H,1H3;1-2H3;2*1H;/q2*-1;;;;+2/p-2. The Hall–Kier alpha value is -3.17. The van der Waals surface area contributed by atoms with Crippen LogP contribution in [0, 0.1) is 6.92 Å². The van der Waals surface area contributed by atoms with Crippen LogP contribution in [-0.2, 0) is 19.2 Å². The van der Waals surface area contributed by atoms with E-state index in [9.17, 15) is 0 Å². The van der Waals surface area contributed by atoms with Crippen LogP contribution in [0.4, 0.5) is 0 Å². The van der Waals surface area contributed by atoms with Gasteiger partial charge in [0.15, 0.2) is 0 Å². The molecule has 0 spiro atoms. The summed E-state index contributed by atoms with van der Waals surface area (Å²) in [5.41, 5.74) is 9.08. The van der Waals surface area contributed by atoms with Gasteiger partial charge in [-0.3, -0.25) is 0 Å². The van der Waals surface area contributed by atoms with Gasteiger partial charge in [0.2, 0.25) is 0 Å². The van der Waals surface area contributed by atoms with Crippen molar-refractivity contribution in [3.63, 3.8) is 0 Å². The van der Waals surface area contributed by atoms with Crippen LogP contribution in [-0.4, -0.2) is 6.19 Å². The summed E-state index contributed by atoms with van der Waals surface area (Å²) in [4.78, 5) is 0. The third-order valence-corrected chi connectivity index (χ3v) is 6.92. The molecule has 0 bridgehead atoms. The number of benzene rings is 5. The molecule has 4 heteroatoms. The molecule has 0 amide bonds. The van der Waals surface area contributed by atoms with Crippen molar-refractivity contribution in [1.82, 2.24) is 0 Å². The van der Waals surface area contributed by atoms with Gasteiger partial charge in [-0.05, 0) is 11.1 Å². The maximum Gasteiger partial charge on any atom is -0.0259 e. The molecule has 0 radical (unpaired) electrons. The molecule has 7 aromatic rings. The largest absolute Gasteiger partial charge is 1.00 e. The second-order valence-electron chi connectivity index (χ2n) is 10.5. The van der Waals surface area contributed by atoms with Crippen molar-refractivity contribution < 1.29 is 44.0 Å². The molecule has 0 nitrogen and oxygen atoms in total. The number of hydrogen-bond acceptors (Lipinski definition) is 0. The van der Waals surface area contributed by atoms with Gasteiger partial charge in [0.25, 0.3) is 0 Å². The Morgan fingerprint density at radius 1 is 0.488 bits per heavy atom. The predicted molar refractivity (Wildman–Crippen MR) is 178 cm³/mol. The normalized spacial score (nSPS) is 9.98. The van der Waals surface area contributed by atoms with Crippen LogP contribution in [0.2, 0.25) is 13.1 Å². The Balaban J connectivity index is 0.000000206. The predicted octanol–water partition coefficient (Wildman–Crippen LogP) is 5.22. The Bertz CT molecular complexity index is 1870. The van der Waals surface area contributed by atoms with Crippen molar-refractivity contribution in [2.75, 3.05) is 0 Å². The number of aryl methyl sites for hydroxylation is 1. The molecule has 0 saturated carbocycles. The number of rotatable bonds is 3. The summed E-state index contributed by atoms with van der Waals surface area (Å²) in [6.07, 6.45) is 0.120. The van der Waals surface area contributed by atoms with E-state index in [1.54, 1.807) is 0 Å². The third-order valence-electron chi connectivity index (χ3n) is 6.92. The summed E-state index contributed by atoms with van der Waals surface area (Å²) in [6.45, 7) is 6.68. The zero-order valence-corrected chi connectivity index (χ0v) is 28.8. The summed E-state index contributed by atoms with van der Waals surface area (Å²) in [6, 6.07) is 53.8. The van der Waals surface area contributed by atoms with Crippen LogP contribution in [0.3, 0.4) is 0 Å². The topological polar surface area (TPSA) is 0 Å². The van der Waals surface area contributed by atoms with Crippen LogP contribution in [0.25, 0.3) is 54.9 Å². The summed E-state index contributed by atoms with van der Waals surface area (Å²) < 4.78 is 0. The van der Waals surface area contributed by atoms with Gasteiger partial charge < -0.3 is 24.8 Å². The van der Waals surface area contributed by atoms with E-state index in [4.69, 9.17) is 0 Å². The Labute approximate surface area is 280 Å². The minimum absolute atomic E-state index is 0. The second kappa shape index (κ2) is 16.6. The molecule has 0 aliphatic rings. The van der Waals surface area contributed by atoms with E-state index < -0.39 is 0 Å². The molecule has 7 aromatic carbocycles. The molecule has 0 saturated heterocycles. The average molecular weight is 650 g/mol. The van der Waals surface area contributed by atoms with Crippen molar-refractivity contribution in [2.24, 2.45) is 0 Å². The van der Waals surface area contributed by atoms with Crippen LogP contribution < -0.4 is 24.8 Å². The molecule has 0 heterocycles. The first-order valence-electron chi connectivity index (χ1n) is 14.0. The van der Waals surface area contributed by atoms with Crippen molar-refractivity contribution in [3.8, 4) is 33.4 Å². The fourth-order valence-electron chi connectivity index (χ4n) is 5.16. The quantitative estimate of drug-likeness (QED) is 0.182. The van der Waals surface area contributed by atoms with Crippen LogP contribution >= 0.6 is 0 Å². The Kier molecular flexibility index (Phi) is 13.3. The maximum atomic E-state index is 2.30. The second-order valence-corrected chi connectivity index (χ2v) is 17.2.